The summed E-state index contributed by atoms with van der Waals surface area (Å²) in [6.07, 6.45) is -0.929. The highest BCUT2D eigenvalue weighted by Gasteiger charge is 2.46. The Hall–Kier alpha value is -1.47. The molecule has 7 heteroatoms. The zero-order valence-corrected chi connectivity index (χ0v) is 10.9. The molecular formula is C12H13FO5S. The van der Waals surface area contributed by atoms with E-state index in [0.717, 1.165) is 18.2 Å². The molecule has 1 heterocycles. The summed E-state index contributed by atoms with van der Waals surface area (Å²) < 4.78 is 37.5. The molecule has 1 aromatic rings. The average Bonchev–Trinajstić information content (AvgIpc) is 2.25. The molecule has 5 nitrogen and oxygen atoms in total. The maximum atomic E-state index is 13.3. The van der Waals surface area contributed by atoms with Gasteiger partial charge in [0.15, 0.2) is 9.84 Å². The Labute approximate surface area is 109 Å². The number of hydrogen-bond acceptors (Lipinski definition) is 4. The van der Waals surface area contributed by atoms with Gasteiger partial charge in [0.25, 0.3) is 0 Å². The van der Waals surface area contributed by atoms with Crippen LogP contribution >= 0.6 is 0 Å². The summed E-state index contributed by atoms with van der Waals surface area (Å²) in [5.41, 5.74) is -2.04. The summed E-state index contributed by atoms with van der Waals surface area (Å²) in [6, 6.07) is 2.94. The minimum absolute atomic E-state index is 0.173. The first-order valence-electron chi connectivity index (χ1n) is 5.65. The van der Waals surface area contributed by atoms with E-state index in [1.807, 2.05) is 0 Å². The number of hydrogen-bond donors (Lipinski definition) is 2. The second-order valence-electron chi connectivity index (χ2n) is 4.80. The number of aliphatic hydroxyl groups is 1. The van der Waals surface area contributed by atoms with Crippen molar-refractivity contribution in [3.8, 4) is 0 Å². The van der Waals surface area contributed by atoms with Gasteiger partial charge in [-0.15, -0.1) is 0 Å². The number of carbonyl (C=O) groups is 1. The molecule has 0 aliphatic carbocycles. The molecule has 0 radical (unpaired) electrons. The first-order valence-corrected chi connectivity index (χ1v) is 7.19. The van der Waals surface area contributed by atoms with Gasteiger partial charge in [0, 0.05) is 5.56 Å². The van der Waals surface area contributed by atoms with Crippen molar-refractivity contribution in [2.75, 3.05) is 0 Å². The molecule has 0 saturated heterocycles. The van der Waals surface area contributed by atoms with Gasteiger partial charge in [-0.2, -0.15) is 0 Å². The van der Waals surface area contributed by atoms with Crippen LogP contribution in [0.5, 0.6) is 0 Å². The largest absolute Gasteiger partial charge is 0.481 e. The third kappa shape index (κ3) is 2.23. The molecule has 1 aliphatic heterocycles. The van der Waals surface area contributed by atoms with E-state index in [4.69, 9.17) is 5.11 Å². The predicted molar refractivity (Wildman–Crippen MR) is 63.8 cm³/mol. The predicted octanol–water partition coefficient (Wildman–Crippen LogP) is 1.05. The van der Waals surface area contributed by atoms with Gasteiger partial charge in [-0.1, -0.05) is 0 Å². The average molecular weight is 288 g/mol. The van der Waals surface area contributed by atoms with Gasteiger partial charge in [0.2, 0.25) is 0 Å². The lowest BCUT2D eigenvalue weighted by atomic mass is 9.85. The Morgan fingerprint density at radius 3 is 2.74 bits per heavy atom. The van der Waals surface area contributed by atoms with Crippen molar-refractivity contribution in [1.82, 2.24) is 0 Å². The number of carboxylic acids is 1. The van der Waals surface area contributed by atoms with Gasteiger partial charge in [0.1, 0.15) is 11.4 Å². The highest BCUT2D eigenvalue weighted by Crippen LogP contribution is 2.42. The Morgan fingerprint density at radius 1 is 1.53 bits per heavy atom. The van der Waals surface area contributed by atoms with Crippen LogP contribution in [0.3, 0.4) is 0 Å². The molecule has 104 valence electrons. The van der Waals surface area contributed by atoms with Gasteiger partial charge >= 0.3 is 5.97 Å². The highest BCUT2D eigenvalue weighted by molar-refractivity contribution is 7.92. The molecule has 19 heavy (non-hydrogen) atoms. The normalized spacial score (nSPS) is 28.7. The van der Waals surface area contributed by atoms with Crippen molar-refractivity contribution < 1.29 is 27.8 Å². The number of benzene rings is 1. The third-order valence-electron chi connectivity index (χ3n) is 3.35. The van der Waals surface area contributed by atoms with Crippen LogP contribution in [0.15, 0.2) is 23.1 Å². The second kappa shape index (κ2) is 4.28. The molecule has 0 amide bonds. The molecule has 0 unspecified atom stereocenters. The number of halogens is 1. The van der Waals surface area contributed by atoms with Crippen LogP contribution in [0.1, 0.15) is 25.3 Å². The van der Waals surface area contributed by atoms with E-state index in [1.165, 1.54) is 6.92 Å². The van der Waals surface area contributed by atoms with E-state index in [0.29, 0.717) is 0 Å². The zero-order valence-electron chi connectivity index (χ0n) is 10.1. The summed E-state index contributed by atoms with van der Waals surface area (Å²) >= 11 is 0. The van der Waals surface area contributed by atoms with Crippen LogP contribution in [-0.2, 0) is 20.2 Å². The van der Waals surface area contributed by atoms with Crippen LogP contribution in [0.2, 0.25) is 0 Å². The molecule has 0 fully saturated rings. The Morgan fingerprint density at radius 2 is 2.16 bits per heavy atom. The molecule has 0 bridgehead atoms. The van der Waals surface area contributed by atoms with Crippen LogP contribution in [-0.4, -0.2) is 29.9 Å². The van der Waals surface area contributed by atoms with E-state index in [-0.39, 0.29) is 16.9 Å². The van der Waals surface area contributed by atoms with Gasteiger partial charge in [-0.05, 0) is 31.5 Å². The Balaban J connectivity index is 2.70. The summed E-state index contributed by atoms with van der Waals surface area (Å²) in [4.78, 5) is 10.6. The number of rotatable bonds is 2. The lowest BCUT2D eigenvalue weighted by molar-refractivity contribution is -0.143. The molecular weight excluding hydrogens is 275 g/mol. The number of carboxylic acid groups (broad SMARTS) is 1. The summed E-state index contributed by atoms with van der Waals surface area (Å²) in [6.45, 7) is 1.40. The summed E-state index contributed by atoms with van der Waals surface area (Å²) in [5.74, 6) is -1.99. The highest BCUT2D eigenvalue weighted by atomic mass is 32.2. The van der Waals surface area contributed by atoms with Crippen molar-refractivity contribution >= 4 is 15.8 Å². The van der Waals surface area contributed by atoms with E-state index in [9.17, 15) is 22.7 Å². The monoisotopic (exact) mass is 288 g/mol. The van der Waals surface area contributed by atoms with E-state index in [2.05, 4.69) is 0 Å². The SMILES string of the molecule is C[C@@H]1C[C@@](O)(CC(=O)O)c2cc(F)ccc2S1(=O)=O. The van der Waals surface area contributed by atoms with E-state index < -0.39 is 38.9 Å². The molecule has 0 aromatic heterocycles. The fourth-order valence-electron chi connectivity index (χ4n) is 2.44. The maximum absolute atomic E-state index is 13.3. The number of aliphatic carboxylic acids is 1. The van der Waals surface area contributed by atoms with E-state index >= 15 is 0 Å². The zero-order chi connectivity index (χ0) is 14.4. The Kier molecular flexibility index (Phi) is 3.14. The molecule has 0 saturated carbocycles. The fourth-order valence-corrected chi connectivity index (χ4v) is 4.19. The summed E-state index contributed by atoms with van der Waals surface area (Å²) in [7, 11) is -3.66. The first-order chi connectivity index (χ1) is 8.67. The van der Waals surface area contributed by atoms with E-state index in [1.54, 1.807) is 0 Å². The lowest BCUT2D eigenvalue weighted by Crippen LogP contribution is -2.41. The number of sulfone groups is 1. The van der Waals surface area contributed by atoms with Crippen molar-refractivity contribution in [1.29, 1.82) is 0 Å². The molecule has 1 aliphatic rings. The van der Waals surface area contributed by atoms with Crippen molar-refractivity contribution in [2.24, 2.45) is 0 Å². The van der Waals surface area contributed by atoms with Crippen LogP contribution in [0.25, 0.3) is 0 Å². The lowest BCUT2D eigenvalue weighted by Gasteiger charge is -2.36. The summed E-state index contributed by atoms with van der Waals surface area (Å²) in [5, 5.41) is 18.3. The van der Waals surface area contributed by atoms with Crippen molar-refractivity contribution in [2.45, 2.75) is 35.5 Å². The van der Waals surface area contributed by atoms with Gasteiger partial charge in [-0.25, -0.2) is 12.8 Å². The molecule has 0 spiro atoms. The molecule has 2 N–H and O–H groups in total. The van der Waals surface area contributed by atoms with Gasteiger partial charge in [-0.3, -0.25) is 4.79 Å². The first kappa shape index (κ1) is 14.0. The second-order valence-corrected chi connectivity index (χ2v) is 7.14. The van der Waals surface area contributed by atoms with Crippen LogP contribution < -0.4 is 0 Å². The minimum Gasteiger partial charge on any atom is -0.481 e. The topological polar surface area (TPSA) is 91.7 Å². The van der Waals surface area contributed by atoms with Crippen LogP contribution in [0.4, 0.5) is 4.39 Å². The smallest absolute Gasteiger partial charge is 0.306 e. The van der Waals surface area contributed by atoms with Crippen molar-refractivity contribution in [3.05, 3.63) is 29.6 Å². The van der Waals surface area contributed by atoms with Crippen LogP contribution in [0, 0.1) is 5.82 Å². The van der Waals surface area contributed by atoms with Gasteiger partial charge in [0.05, 0.1) is 16.6 Å². The quantitative estimate of drug-likeness (QED) is 0.794. The standard InChI is InChI=1S/C12H13FO5S/c1-7-5-12(16,6-11(14)15)9-4-8(13)2-3-10(9)19(7,17)18/h2-4,7,16H,5-6H2,1H3,(H,14,15)/t7-,12-/m1/s1. The third-order valence-corrected chi connectivity index (χ3v) is 5.54. The Bertz CT molecular complexity index is 640. The number of fused-ring (bicyclic) bond motifs is 1. The minimum atomic E-state index is -3.66. The molecule has 2 rings (SSSR count). The maximum Gasteiger partial charge on any atom is 0.306 e. The molecule has 1 aromatic carbocycles. The molecule has 2 atom stereocenters. The van der Waals surface area contributed by atoms with Crippen molar-refractivity contribution in [3.63, 3.8) is 0 Å². The fraction of sp³-hybridized carbons (Fsp3) is 0.417. The van der Waals surface area contributed by atoms with Gasteiger partial charge < -0.3 is 10.2 Å².